The van der Waals surface area contributed by atoms with Crippen molar-refractivity contribution in [2.24, 2.45) is 12.5 Å². The highest BCUT2D eigenvalue weighted by Gasteiger charge is 2.37. The number of hydrogen-bond donors (Lipinski definition) is 1. The highest BCUT2D eigenvalue weighted by atomic mass is 16.1. The molecule has 14 heavy (non-hydrogen) atoms. The molecule has 4 nitrogen and oxygen atoms in total. The molecule has 1 atom stereocenters. The van der Waals surface area contributed by atoms with Gasteiger partial charge in [-0.25, -0.2) is 4.98 Å². The highest BCUT2D eigenvalue weighted by molar-refractivity contribution is 5.98. The first-order valence-corrected chi connectivity index (χ1v) is 4.85. The zero-order chi connectivity index (χ0) is 10.2. The number of carbonyl (C=O) groups excluding carboxylic acids is 1. The van der Waals surface area contributed by atoms with Gasteiger partial charge in [-0.15, -0.1) is 0 Å². The molecule has 1 aromatic heterocycles. The normalized spacial score (nSPS) is 26.7. The van der Waals surface area contributed by atoms with E-state index in [9.17, 15) is 4.79 Å². The zero-order valence-electron chi connectivity index (χ0n) is 8.58. The van der Waals surface area contributed by atoms with Crippen LogP contribution < -0.4 is 5.32 Å². The third kappa shape index (κ3) is 1.46. The largest absolute Gasteiger partial charge is 0.340 e. The van der Waals surface area contributed by atoms with Crippen molar-refractivity contribution >= 4 is 5.78 Å². The second kappa shape index (κ2) is 3.20. The number of rotatable bonds is 2. The molecule has 0 aromatic carbocycles. The van der Waals surface area contributed by atoms with Gasteiger partial charge in [0.1, 0.15) is 5.69 Å². The van der Waals surface area contributed by atoms with Gasteiger partial charge in [-0.3, -0.25) is 4.79 Å². The molecule has 0 aliphatic carbocycles. The Morgan fingerprint density at radius 2 is 2.50 bits per heavy atom. The smallest absolute Gasteiger partial charge is 0.189 e. The summed E-state index contributed by atoms with van der Waals surface area (Å²) in [5, 5.41) is 3.21. The van der Waals surface area contributed by atoms with Crippen LogP contribution in [0, 0.1) is 5.41 Å². The number of nitrogens with zero attached hydrogens (tertiary/aromatic N) is 2. The second-order valence-electron chi connectivity index (χ2n) is 4.24. The van der Waals surface area contributed by atoms with Gasteiger partial charge in [-0.2, -0.15) is 0 Å². The van der Waals surface area contributed by atoms with Gasteiger partial charge < -0.3 is 9.88 Å². The lowest BCUT2D eigenvalue weighted by atomic mass is 9.83. The van der Waals surface area contributed by atoms with Crippen LogP contribution in [0.15, 0.2) is 12.5 Å². The number of nitrogens with one attached hydrogen (secondary N) is 1. The van der Waals surface area contributed by atoms with E-state index in [0.717, 1.165) is 19.5 Å². The van der Waals surface area contributed by atoms with Crippen LogP contribution in [0.3, 0.4) is 0 Å². The summed E-state index contributed by atoms with van der Waals surface area (Å²) in [7, 11) is 1.87. The average Bonchev–Trinajstić information content (AvgIpc) is 2.74. The third-order valence-electron chi connectivity index (χ3n) is 2.85. The van der Waals surface area contributed by atoms with Crippen molar-refractivity contribution in [3.8, 4) is 0 Å². The van der Waals surface area contributed by atoms with E-state index in [1.807, 2.05) is 14.0 Å². The molecule has 1 aliphatic heterocycles. The number of aryl methyl sites for hydroxylation is 1. The molecule has 0 spiro atoms. The maximum atomic E-state index is 12.1. The fraction of sp³-hybridized carbons (Fsp3) is 0.600. The third-order valence-corrected chi connectivity index (χ3v) is 2.85. The molecule has 1 saturated heterocycles. The van der Waals surface area contributed by atoms with Crippen molar-refractivity contribution < 1.29 is 4.79 Å². The maximum Gasteiger partial charge on any atom is 0.189 e. The van der Waals surface area contributed by atoms with E-state index in [0.29, 0.717) is 5.69 Å². The molecule has 1 N–H and O–H groups in total. The molecule has 0 radical (unpaired) electrons. The van der Waals surface area contributed by atoms with Crippen LogP contribution >= 0.6 is 0 Å². The Balaban J connectivity index is 2.23. The Morgan fingerprint density at radius 3 is 3.00 bits per heavy atom. The minimum Gasteiger partial charge on any atom is -0.340 e. The maximum absolute atomic E-state index is 12.1. The lowest BCUT2D eigenvalue weighted by molar-refractivity contribution is 0.0834. The summed E-state index contributed by atoms with van der Waals surface area (Å²) in [6, 6.07) is 0. The van der Waals surface area contributed by atoms with E-state index in [1.165, 1.54) is 0 Å². The van der Waals surface area contributed by atoms with Crippen molar-refractivity contribution in [2.45, 2.75) is 13.3 Å². The summed E-state index contributed by atoms with van der Waals surface area (Å²) in [6.45, 7) is 3.70. The van der Waals surface area contributed by atoms with E-state index in [-0.39, 0.29) is 11.2 Å². The highest BCUT2D eigenvalue weighted by Crippen LogP contribution is 2.28. The molecular weight excluding hydrogens is 178 g/mol. The summed E-state index contributed by atoms with van der Waals surface area (Å²) in [5.41, 5.74) is 0.327. The predicted molar refractivity (Wildman–Crippen MR) is 53.1 cm³/mol. The number of Topliss-reactive ketones (excluding diaryl/α,β-unsaturated/α-hetero) is 1. The van der Waals surface area contributed by atoms with Crippen LogP contribution in [0.25, 0.3) is 0 Å². The van der Waals surface area contributed by atoms with Crippen LogP contribution in [0.1, 0.15) is 23.8 Å². The Hall–Kier alpha value is -1.16. The van der Waals surface area contributed by atoms with E-state index < -0.39 is 0 Å². The van der Waals surface area contributed by atoms with Crippen LogP contribution in [-0.4, -0.2) is 28.4 Å². The van der Waals surface area contributed by atoms with Gasteiger partial charge in [0.25, 0.3) is 0 Å². The summed E-state index contributed by atoms with van der Waals surface area (Å²) < 4.78 is 1.80. The van der Waals surface area contributed by atoms with Crippen LogP contribution in [0.2, 0.25) is 0 Å². The van der Waals surface area contributed by atoms with Gasteiger partial charge in [0, 0.05) is 25.2 Å². The minimum atomic E-state index is -0.256. The van der Waals surface area contributed by atoms with E-state index in [2.05, 4.69) is 10.3 Å². The Bertz CT molecular complexity index is 350. The van der Waals surface area contributed by atoms with Crippen molar-refractivity contribution in [3.05, 3.63) is 18.2 Å². The molecule has 2 rings (SSSR count). The Morgan fingerprint density at radius 1 is 1.71 bits per heavy atom. The molecule has 4 heteroatoms. The van der Waals surface area contributed by atoms with E-state index in [1.54, 1.807) is 17.1 Å². The van der Waals surface area contributed by atoms with Gasteiger partial charge in [0.15, 0.2) is 5.78 Å². The van der Waals surface area contributed by atoms with Gasteiger partial charge in [-0.05, 0) is 13.0 Å². The van der Waals surface area contributed by atoms with Crippen molar-refractivity contribution in [3.63, 3.8) is 0 Å². The van der Waals surface area contributed by atoms with Crippen molar-refractivity contribution in [1.29, 1.82) is 0 Å². The topological polar surface area (TPSA) is 46.9 Å². The lowest BCUT2D eigenvalue weighted by Crippen LogP contribution is -2.30. The van der Waals surface area contributed by atoms with Gasteiger partial charge >= 0.3 is 0 Å². The quantitative estimate of drug-likeness (QED) is 0.700. The predicted octanol–water partition coefficient (Wildman–Crippen LogP) is 0.602. The molecule has 1 aromatic rings. The molecule has 2 heterocycles. The molecule has 0 bridgehead atoms. The Kier molecular flexibility index (Phi) is 2.15. The number of carbonyl (C=O) groups is 1. The summed E-state index contributed by atoms with van der Waals surface area (Å²) >= 11 is 0. The first-order valence-electron chi connectivity index (χ1n) is 4.85. The first-order chi connectivity index (χ1) is 6.62. The number of imidazole rings is 1. The fourth-order valence-corrected chi connectivity index (χ4v) is 1.85. The SMILES string of the molecule is Cn1cnc(C(=O)C2(C)CCNC2)c1. The molecule has 0 amide bonds. The van der Waals surface area contributed by atoms with Crippen molar-refractivity contribution in [2.75, 3.05) is 13.1 Å². The molecule has 76 valence electrons. The molecule has 1 fully saturated rings. The van der Waals surface area contributed by atoms with Crippen LogP contribution in [0.4, 0.5) is 0 Å². The zero-order valence-corrected chi connectivity index (χ0v) is 8.58. The van der Waals surface area contributed by atoms with Crippen molar-refractivity contribution in [1.82, 2.24) is 14.9 Å². The minimum absolute atomic E-state index is 0.156. The molecular formula is C10H15N3O. The van der Waals surface area contributed by atoms with E-state index >= 15 is 0 Å². The van der Waals surface area contributed by atoms with Gasteiger partial charge in [-0.1, -0.05) is 6.92 Å². The monoisotopic (exact) mass is 193 g/mol. The summed E-state index contributed by atoms with van der Waals surface area (Å²) in [6.07, 6.45) is 4.35. The second-order valence-corrected chi connectivity index (χ2v) is 4.24. The first kappa shape index (κ1) is 9.40. The standard InChI is InChI=1S/C10H15N3O/c1-10(3-4-11-6-10)9(14)8-5-13(2)7-12-8/h5,7,11H,3-4,6H2,1-2H3. The average molecular weight is 193 g/mol. The lowest BCUT2D eigenvalue weighted by Gasteiger charge is -2.18. The van der Waals surface area contributed by atoms with E-state index in [4.69, 9.17) is 0 Å². The summed E-state index contributed by atoms with van der Waals surface area (Å²) in [5.74, 6) is 0.156. The number of aromatic nitrogens is 2. The summed E-state index contributed by atoms with van der Waals surface area (Å²) in [4.78, 5) is 16.2. The number of hydrogen-bond acceptors (Lipinski definition) is 3. The van der Waals surface area contributed by atoms with Crippen LogP contribution in [-0.2, 0) is 7.05 Å². The molecule has 1 aliphatic rings. The number of ketones is 1. The van der Waals surface area contributed by atoms with Gasteiger partial charge in [0.05, 0.1) is 6.33 Å². The Labute approximate surface area is 83.3 Å². The molecule has 1 unspecified atom stereocenters. The molecule has 0 saturated carbocycles. The van der Waals surface area contributed by atoms with Crippen LogP contribution in [0.5, 0.6) is 0 Å². The van der Waals surface area contributed by atoms with Gasteiger partial charge in [0.2, 0.25) is 0 Å². The fourth-order valence-electron chi connectivity index (χ4n) is 1.85.